The summed E-state index contributed by atoms with van der Waals surface area (Å²) < 4.78 is 0. The fourth-order valence-corrected chi connectivity index (χ4v) is 1.86. The van der Waals surface area contributed by atoms with Crippen molar-refractivity contribution >= 4 is 17.2 Å². The normalized spacial score (nSPS) is 14.0. The van der Waals surface area contributed by atoms with Crippen molar-refractivity contribution in [2.24, 2.45) is 0 Å². The maximum Gasteiger partial charge on any atom is 0.161 e. The number of rotatable bonds is 6. The first-order valence-corrected chi connectivity index (χ1v) is 6.21. The summed E-state index contributed by atoms with van der Waals surface area (Å²) >= 11 is 0. The Labute approximate surface area is 108 Å². The first kappa shape index (κ1) is 14.5. The first-order chi connectivity index (χ1) is 8.41. The molecule has 1 atom stereocenters. The zero-order valence-electron chi connectivity index (χ0n) is 11.3. The van der Waals surface area contributed by atoms with Crippen LogP contribution in [0, 0.1) is 0 Å². The van der Waals surface area contributed by atoms with Crippen LogP contribution in [-0.2, 0) is 0 Å². The van der Waals surface area contributed by atoms with Gasteiger partial charge in [0.25, 0.3) is 0 Å². The number of carbonyl (C=O) groups excluding carboxylic acids is 1. The number of anilines is 2. The largest absolute Gasteiger partial charge is 0.398 e. The van der Waals surface area contributed by atoms with Gasteiger partial charge in [-0.15, -0.1) is 0 Å². The molecule has 0 saturated carbocycles. The van der Waals surface area contributed by atoms with Gasteiger partial charge in [-0.25, -0.2) is 0 Å². The Hall–Kier alpha value is -1.55. The van der Waals surface area contributed by atoms with Crippen LogP contribution < -0.4 is 11.1 Å². The lowest BCUT2D eigenvalue weighted by molar-refractivity contribution is 0.101. The maximum absolute atomic E-state index is 11.4. The SMILES string of the molecule is CCC(C)(CCO)Nc1ccc(N)c(C(C)=O)c1. The van der Waals surface area contributed by atoms with E-state index in [0.29, 0.717) is 17.7 Å². The minimum atomic E-state index is -0.182. The van der Waals surface area contributed by atoms with Crippen LogP contribution in [0.4, 0.5) is 11.4 Å². The molecule has 18 heavy (non-hydrogen) atoms. The number of hydrogen-bond donors (Lipinski definition) is 3. The molecule has 0 radical (unpaired) electrons. The molecule has 0 saturated heterocycles. The van der Waals surface area contributed by atoms with E-state index in [1.165, 1.54) is 6.92 Å². The lowest BCUT2D eigenvalue weighted by Crippen LogP contribution is -2.35. The zero-order chi connectivity index (χ0) is 13.8. The van der Waals surface area contributed by atoms with E-state index in [9.17, 15) is 4.79 Å². The van der Waals surface area contributed by atoms with Crippen LogP contribution in [0.25, 0.3) is 0 Å². The predicted octanol–water partition coefficient (Wildman–Crippen LogP) is 2.43. The Balaban J connectivity index is 2.97. The number of Topliss-reactive ketones (excluding diaryl/α,β-unsaturated/α-hetero) is 1. The lowest BCUT2D eigenvalue weighted by Gasteiger charge is -2.30. The molecule has 1 rings (SSSR count). The van der Waals surface area contributed by atoms with E-state index >= 15 is 0 Å². The van der Waals surface area contributed by atoms with Crippen molar-refractivity contribution in [3.05, 3.63) is 23.8 Å². The monoisotopic (exact) mass is 250 g/mol. The minimum absolute atomic E-state index is 0.0449. The number of aliphatic hydroxyl groups excluding tert-OH is 1. The standard InChI is InChI=1S/C14H22N2O2/c1-4-14(3,7-8-17)16-11-5-6-13(15)12(9-11)10(2)18/h5-6,9,16-17H,4,7-8,15H2,1-3H3. The molecule has 0 aromatic heterocycles. The number of carbonyl (C=O) groups is 1. The van der Waals surface area contributed by atoms with E-state index in [2.05, 4.69) is 12.2 Å². The van der Waals surface area contributed by atoms with Gasteiger partial charge >= 0.3 is 0 Å². The summed E-state index contributed by atoms with van der Waals surface area (Å²) in [7, 11) is 0. The van der Waals surface area contributed by atoms with Crippen LogP contribution in [0.1, 0.15) is 44.0 Å². The van der Waals surface area contributed by atoms with E-state index in [0.717, 1.165) is 12.1 Å². The summed E-state index contributed by atoms with van der Waals surface area (Å²) in [6.45, 7) is 5.74. The zero-order valence-corrected chi connectivity index (χ0v) is 11.3. The summed E-state index contributed by atoms with van der Waals surface area (Å²) in [6.07, 6.45) is 1.54. The Morgan fingerprint density at radius 2 is 2.17 bits per heavy atom. The number of nitrogens with one attached hydrogen (secondary N) is 1. The van der Waals surface area contributed by atoms with Crippen LogP contribution in [0.5, 0.6) is 0 Å². The third-order valence-corrected chi connectivity index (χ3v) is 3.32. The summed E-state index contributed by atoms with van der Waals surface area (Å²) in [5.74, 6) is -0.0449. The molecule has 0 spiro atoms. The molecular formula is C14H22N2O2. The highest BCUT2D eigenvalue weighted by Crippen LogP contribution is 2.24. The highest BCUT2D eigenvalue weighted by Gasteiger charge is 2.21. The molecule has 0 fully saturated rings. The first-order valence-electron chi connectivity index (χ1n) is 6.21. The van der Waals surface area contributed by atoms with Crippen molar-refractivity contribution in [3.8, 4) is 0 Å². The number of nitrogens with two attached hydrogens (primary N) is 1. The third-order valence-electron chi connectivity index (χ3n) is 3.32. The minimum Gasteiger partial charge on any atom is -0.398 e. The summed E-state index contributed by atoms with van der Waals surface area (Å²) in [5, 5.41) is 12.4. The quantitative estimate of drug-likeness (QED) is 0.535. The number of nitrogen functional groups attached to an aromatic ring is 1. The van der Waals surface area contributed by atoms with E-state index in [1.807, 2.05) is 13.0 Å². The molecule has 1 aromatic rings. The summed E-state index contributed by atoms with van der Waals surface area (Å²) in [4.78, 5) is 11.4. The average Bonchev–Trinajstić information content (AvgIpc) is 2.31. The second kappa shape index (κ2) is 5.87. The van der Waals surface area contributed by atoms with Crippen LogP contribution in [0.15, 0.2) is 18.2 Å². The molecule has 4 N–H and O–H groups in total. The topological polar surface area (TPSA) is 75.3 Å². The van der Waals surface area contributed by atoms with Gasteiger partial charge < -0.3 is 16.2 Å². The predicted molar refractivity (Wildman–Crippen MR) is 74.9 cm³/mol. The van der Waals surface area contributed by atoms with Crippen molar-refractivity contribution < 1.29 is 9.90 Å². The summed E-state index contributed by atoms with van der Waals surface area (Å²) in [5.41, 5.74) is 7.45. The van der Waals surface area contributed by atoms with E-state index < -0.39 is 0 Å². The van der Waals surface area contributed by atoms with Crippen molar-refractivity contribution in [3.63, 3.8) is 0 Å². The number of hydrogen-bond acceptors (Lipinski definition) is 4. The number of ketones is 1. The van der Waals surface area contributed by atoms with Gasteiger partial charge in [-0.3, -0.25) is 4.79 Å². The molecule has 0 bridgehead atoms. The molecular weight excluding hydrogens is 228 g/mol. The Kier molecular flexibility index (Phi) is 4.73. The van der Waals surface area contributed by atoms with Gasteiger partial charge in [0.2, 0.25) is 0 Å². The molecule has 100 valence electrons. The van der Waals surface area contributed by atoms with Crippen molar-refractivity contribution in [2.45, 2.75) is 39.2 Å². The van der Waals surface area contributed by atoms with E-state index in [1.54, 1.807) is 12.1 Å². The molecule has 4 nitrogen and oxygen atoms in total. The fraction of sp³-hybridized carbons (Fsp3) is 0.500. The molecule has 1 aromatic carbocycles. The summed E-state index contributed by atoms with van der Waals surface area (Å²) in [6, 6.07) is 5.35. The van der Waals surface area contributed by atoms with E-state index in [-0.39, 0.29) is 17.9 Å². The van der Waals surface area contributed by atoms with Crippen molar-refractivity contribution in [1.29, 1.82) is 0 Å². The highest BCUT2D eigenvalue weighted by atomic mass is 16.3. The third kappa shape index (κ3) is 3.47. The van der Waals surface area contributed by atoms with Gasteiger partial charge in [-0.05, 0) is 44.9 Å². The molecule has 0 aliphatic heterocycles. The Morgan fingerprint density at radius 1 is 1.50 bits per heavy atom. The second-order valence-corrected chi connectivity index (χ2v) is 4.87. The average molecular weight is 250 g/mol. The maximum atomic E-state index is 11.4. The van der Waals surface area contributed by atoms with Crippen LogP contribution >= 0.6 is 0 Å². The molecule has 0 heterocycles. The fourth-order valence-electron chi connectivity index (χ4n) is 1.86. The molecule has 0 aliphatic rings. The van der Waals surface area contributed by atoms with Crippen LogP contribution in [0.2, 0.25) is 0 Å². The smallest absolute Gasteiger partial charge is 0.161 e. The second-order valence-electron chi connectivity index (χ2n) is 4.87. The molecule has 4 heteroatoms. The van der Waals surface area contributed by atoms with Crippen molar-refractivity contribution in [2.75, 3.05) is 17.7 Å². The van der Waals surface area contributed by atoms with Gasteiger partial charge in [0.05, 0.1) is 0 Å². The molecule has 1 unspecified atom stereocenters. The lowest BCUT2D eigenvalue weighted by atomic mass is 9.94. The Bertz CT molecular complexity index is 432. The van der Waals surface area contributed by atoms with Gasteiger partial charge in [-0.2, -0.15) is 0 Å². The molecule has 0 aliphatic carbocycles. The van der Waals surface area contributed by atoms with Gasteiger partial charge in [0.1, 0.15) is 0 Å². The highest BCUT2D eigenvalue weighted by molar-refractivity contribution is 6.00. The van der Waals surface area contributed by atoms with Gasteiger partial charge in [0.15, 0.2) is 5.78 Å². The van der Waals surface area contributed by atoms with E-state index in [4.69, 9.17) is 10.8 Å². The molecule has 0 amide bonds. The number of aliphatic hydroxyl groups is 1. The number of benzene rings is 1. The van der Waals surface area contributed by atoms with Crippen LogP contribution in [0.3, 0.4) is 0 Å². The van der Waals surface area contributed by atoms with Gasteiger partial charge in [0, 0.05) is 29.1 Å². The van der Waals surface area contributed by atoms with Crippen LogP contribution in [-0.4, -0.2) is 23.0 Å². The van der Waals surface area contributed by atoms with Gasteiger partial charge in [-0.1, -0.05) is 6.92 Å². The van der Waals surface area contributed by atoms with Crippen molar-refractivity contribution in [1.82, 2.24) is 0 Å². The Morgan fingerprint density at radius 3 is 2.67 bits per heavy atom.